The normalized spacial score (nSPS) is 24.1. The minimum absolute atomic E-state index is 0.0154. The van der Waals surface area contributed by atoms with Crippen LogP contribution in [0.5, 0.6) is 0 Å². The fourth-order valence-electron chi connectivity index (χ4n) is 1.97. The summed E-state index contributed by atoms with van der Waals surface area (Å²) in [7, 11) is 0. The SMILES string of the molecule is Cc1ccc(C(=O)N2CC(CO)OCC2C)cn1. The van der Waals surface area contributed by atoms with Crippen LogP contribution in [0, 0.1) is 6.92 Å². The van der Waals surface area contributed by atoms with Crippen molar-refractivity contribution in [2.24, 2.45) is 0 Å². The van der Waals surface area contributed by atoms with Crippen molar-refractivity contribution in [2.75, 3.05) is 19.8 Å². The highest BCUT2D eigenvalue weighted by atomic mass is 16.5. The molecule has 2 atom stereocenters. The van der Waals surface area contributed by atoms with E-state index in [2.05, 4.69) is 4.98 Å². The monoisotopic (exact) mass is 250 g/mol. The van der Waals surface area contributed by atoms with E-state index < -0.39 is 0 Å². The number of aliphatic hydroxyl groups is 1. The van der Waals surface area contributed by atoms with Gasteiger partial charge < -0.3 is 14.7 Å². The van der Waals surface area contributed by atoms with E-state index >= 15 is 0 Å². The number of amides is 1. The van der Waals surface area contributed by atoms with Crippen LogP contribution in [0.2, 0.25) is 0 Å². The summed E-state index contributed by atoms with van der Waals surface area (Å²) in [6.45, 7) is 4.63. The van der Waals surface area contributed by atoms with Crippen LogP contribution in [0.25, 0.3) is 0 Å². The van der Waals surface area contributed by atoms with Crippen LogP contribution in [0.15, 0.2) is 18.3 Å². The molecule has 1 fully saturated rings. The van der Waals surface area contributed by atoms with E-state index in [1.807, 2.05) is 19.9 Å². The van der Waals surface area contributed by atoms with Gasteiger partial charge in [-0.25, -0.2) is 0 Å². The second-order valence-corrected chi connectivity index (χ2v) is 4.63. The van der Waals surface area contributed by atoms with E-state index in [0.717, 1.165) is 5.69 Å². The van der Waals surface area contributed by atoms with E-state index in [-0.39, 0.29) is 24.7 Å². The second-order valence-electron chi connectivity index (χ2n) is 4.63. The van der Waals surface area contributed by atoms with Crippen molar-refractivity contribution < 1.29 is 14.6 Å². The molecule has 0 radical (unpaired) electrons. The maximum atomic E-state index is 12.3. The average Bonchev–Trinajstić information content (AvgIpc) is 2.39. The molecule has 1 amide bonds. The molecule has 18 heavy (non-hydrogen) atoms. The van der Waals surface area contributed by atoms with Gasteiger partial charge in [-0.3, -0.25) is 9.78 Å². The predicted octanol–water partition coefficient (Wildman–Crippen LogP) is 0.612. The third-order valence-corrected chi connectivity index (χ3v) is 3.13. The predicted molar refractivity (Wildman–Crippen MR) is 66.3 cm³/mol. The number of pyridine rings is 1. The number of hydrogen-bond acceptors (Lipinski definition) is 4. The Balaban J connectivity index is 2.13. The quantitative estimate of drug-likeness (QED) is 0.835. The van der Waals surface area contributed by atoms with Gasteiger partial charge in [-0.1, -0.05) is 0 Å². The summed E-state index contributed by atoms with van der Waals surface area (Å²) in [6, 6.07) is 3.62. The second kappa shape index (κ2) is 5.46. The Kier molecular flexibility index (Phi) is 3.93. The van der Waals surface area contributed by atoms with Crippen molar-refractivity contribution in [2.45, 2.75) is 26.0 Å². The standard InChI is InChI=1S/C13H18N2O3/c1-9-3-4-11(5-14-9)13(17)15-6-12(7-16)18-8-10(15)2/h3-5,10,12,16H,6-8H2,1-2H3. The number of carbonyl (C=O) groups excluding carboxylic acids is 1. The number of aliphatic hydroxyl groups excluding tert-OH is 1. The number of nitrogens with zero attached hydrogens (tertiary/aromatic N) is 2. The van der Waals surface area contributed by atoms with Gasteiger partial charge in [0.15, 0.2) is 0 Å². The van der Waals surface area contributed by atoms with Crippen LogP contribution in [-0.2, 0) is 4.74 Å². The Hall–Kier alpha value is -1.46. The average molecular weight is 250 g/mol. The number of aromatic nitrogens is 1. The van der Waals surface area contributed by atoms with Crippen LogP contribution >= 0.6 is 0 Å². The maximum Gasteiger partial charge on any atom is 0.255 e. The van der Waals surface area contributed by atoms with Gasteiger partial charge in [0.25, 0.3) is 5.91 Å². The van der Waals surface area contributed by atoms with Gasteiger partial charge in [0.2, 0.25) is 0 Å². The lowest BCUT2D eigenvalue weighted by molar-refractivity contribution is -0.0667. The van der Waals surface area contributed by atoms with Crippen LogP contribution in [0.4, 0.5) is 0 Å². The van der Waals surface area contributed by atoms with Gasteiger partial charge >= 0.3 is 0 Å². The largest absolute Gasteiger partial charge is 0.394 e. The first-order valence-corrected chi connectivity index (χ1v) is 6.08. The van der Waals surface area contributed by atoms with Crippen molar-refractivity contribution >= 4 is 5.91 Å². The molecule has 0 aliphatic carbocycles. The number of morpholine rings is 1. The molecule has 2 unspecified atom stereocenters. The Morgan fingerprint density at radius 3 is 3.00 bits per heavy atom. The zero-order chi connectivity index (χ0) is 13.1. The van der Waals surface area contributed by atoms with E-state index in [9.17, 15) is 4.79 Å². The topological polar surface area (TPSA) is 62.7 Å². The maximum absolute atomic E-state index is 12.3. The van der Waals surface area contributed by atoms with Gasteiger partial charge in [0, 0.05) is 18.4 Å². The molecule has 1 aromatic heterocycles. The lowest BCUT2D eigenvalue weighted by Crippen LogP contribution is -2.52. The fourth-order valence-corrected chi connectivity index (χ4v) is 1.97. The molecular formula is C13H18N2O3. The molecule has 5 nitrogen and oxygen atoms in total. The summed E-state index contributed by atoms with van der Waals surface area (Å²) in [6.07, 6.45) is 1.30. The molecule has 0 saturated carbocycles. The van der Waals surface area contributed by atoms with Gasteiger partial charge in [0.1, 0.15) is 0 Å². The Morgan fingerprint density at radius 2 is 2.39 bits per heavy atom. The molecule has 0 spiro atoms. The molecule has 0 bridgehead atoms. The van der Waals surface area contributed by atoms with Crippen LogP contribution in [0.3, 0.4) is 0 Å². The van der Waals surface area contributed by atoms with Crippen molar-refractivity contribution in [3.8, 4) is 0 Å². The molecule has 98 valence electrons. The molecule has 1 aliphatic rings. The van der Waals surface area contributed by atoms with Crippen molar-refractivity contribution in [3.05, 3.63) is 29.6 Å². The summed E-state index contributed by atoms with van der Waals surface area (Å²) in [5.41, 5.74) is 1.46. The highest BCUT2D eigenvalue weighted by Crippen LogP contribution is 2.15. The summed E-state index contributed by atoms with van der Waals surface area (Å²) >= 11 is 0. The van der Waals surface area contributed by atoms with E-state index in [1.54, 1.807) is 17.2 Å². The number of aryl methyl sites for hydroxylation is 1. The van der Waals surface area contributed by atoms with Crippen LogP contribution < -0.4 is 0 Å². The number of ether oxygens (including phenoxy) is 1. The Labute approximate surface area is 106 Å². The highest BCUT2D eigenvalue weighted by Gasteiger charge is 2.29. The lowest BCUT2D eigenvalue weighted by Gasteiger charge is -2.37. The first-order chi connectivity index (χ1) is 8.61. The molecular weight excluding hydrogens is 232 g/mol. The van der Waals surface area contributed by atoms with Crippen LogP contribution in [-0.4, -0.2) is 52.8 Å². The molecule has 0 aromatic carbocycles. The van der Waals surface area contributed by atoms with Gasteiger partial charge in [-0.05, 0) is 26.0 Å². The minimum Gasteiger partial charge on any atom is -0.394 e. The van der Waals surface area contributed by atoms with Crippen molar-refractivity contribution in [3.63, 3.8) is 0 Å². The molecule has 5 heteroatoms. The first-order valence-electron chi connectivity index (χ1n) is 6.08. The Morgan fingerprint density at radius 1 is 1.61 bits per heavy atom. The Bertz CT molecular complexity index is 419. The van der Waals surface area contributed by atoms with E-state index in [4.69, 9.17) is 9.84 Å². The highest BCUT2D eigenvalue weighted by molar-refractivity contribution is 5.94. The molecule has 2 heterocycles. The zero-order valence-electron chi connectivity index (χ0n) is 10.7. The first kappa shape index (κ1) is 13.0. The number of rotatable bonds is 2. The van der Waals surface area contributed by atoms with E-state index in [0.29, 0.717) is 18.7 Å². The number of hydrogen-bond donors (Lipinski definition) is 1. The van der Waals surface area contributed by atoms with Crippen molar-refractivity contribution in [1.29, 1.82) is 0 Å². The summed E-state index contributed by atoms with van der Waals surface area (Å²) in [5, 5.41) is 9.11. The van der Waals surface area contributed by atoms with Crippen LogP contribution in [0.1, 0.15) is 23.0 Å². The smallest absolute Gasteiger partial charge is 0.255 e. The summed E-state index contributed by atoms with van der Waals surface area (Å²) < 4.78 is 5.42. The molecule has 1 aromatic rings. The van der Waals surface area contributed by atoms with Crippen molar-refractivity contribution in [1.82, 2.24) is 9.88 Å². The molecule has 1 N–H and O–H groups in total. The summed E-state index contributed by atoms with van der Waals surface area (Å²) in [5.74, 6) is -0.0586. The third-order valence-electron chi connectivity index (χ3n) is 3.13. The van der Waals surface area contributed by atoms with E-state index in [1.165, 1.54) is 0 Å². The molecule has 1 saturated heterocycles. The fraction of sp³-hybridized carbons (Fsp3) is 0.538. The summed E-state index contributed by atoms with van der Waals surface area (Å²) in [4.78, 5) is 18.2. The van der Waals surface area contributed by atoms with Gasteiger partial charge in [0.05, 0.1) is 30.9 Å². The minimum atomic E-state index is -0.288. The zero-order valence-corrected chi connectivity index (χ0v) is 10.7. The molecule has 1 aliphatic heterocycles. The lowest BCUT2D eigenvalue weighted by atomic mass is 10.1. The molecule has 2 rings (SSSR count). The number of carbonyl (C=O) groups is 1. The van der Waals surface area contributed by atoms with Gasteiger partial charge in [-0.2, -0.15) is 0 Å². The third kappa shape index (κ3) is 2.68. The van der Waals surface area contributed by atoms with Gasteiger partial charge in [-0.15, -0.1) is 0 Å².